The van der Waals surface area contributed by atoms with Gasteiger partial charge in [0.1, 0.15) is 11.4 Å². The van der Waals surface area contributed by atoms with E-state index in [4.69, 9.17) is 0 Å². The zero-order valence-electron chi connectivity index (χ0n) is 16.0. The number of aromatic amines is 2. The Bertz CT molecular complexity index is 934. The Morgan fingerprint density at radius 2 is 1.76 bits per heavy atom. The predicted octanol–water partition coefficient (Wildman–Crippen LogP) is 1.96. The molecule has 2 saturated heterocycles. The van der Waals surface area contributed by atoms with Crippen LogP contribution in [0, 0.1) is 5.41 Å². The van der Waals surface area contributed by atoms with Gasteiger partial charge >= 0.3 is 6.18 Å². The van der Waals surface area contributed by atoms with Crippen LogP contribution in [-0.2, 0) is 6.42 Å². The fourth-order valence-corrected chi connectivity index (χ4v) is 3.92. The van der Waals surface area contributed by atoms with Gasteiger partial charge in [0.25, 0.3) is 11.8 Å². The summed E-state index contributed by atoms with van der Waals surface area (Å²) < 4.78 is 37.9. The Morgan fingerprint density at radius 1 is 1.14 bits per heavy atom. The van der Waals surface area contributed by atoms with Crippen molar-refractivity contribution >= 4 is 11.8 Å². The van der Waals surface area contributed by atoms with E-state index in [2.05, 4.69) is 20.4 Å². The lowest BCUT2D eigenvalue weighted by molar-refractivity contribution is -0.127. The number of likely N-dealkylation sites (tertiary alicyclic amines) is 2. The molecule has 11 heteroatoms. The van der Waals surface area contributed by atoms with Crippen molar-refractivity contribution in [1.29, 1.82) is 0 Å². The molecule has 8 nitrogen and oxygen atoms in total. The van der Waals surface area contributed by atoms with Gasteiger partial charge in [-0.15, -0.1) is 0 Å². The summed E-state index contributed by atoms with van der Waals surface area (Å²) in [5, 5.41) is 12.9. The molecular weight excluding hydrogens is 389 g/mol. The Balaban J connectivity index is 1.32. The van der Waals surface area contributed by atoms with Gasteiger partial charge in [0.15, 0.2) is 0 Å². The summed E-state index contributed by atoms with van der Waals surface area (Å²) in [5.74, 6) is -0.418. The monoisotopic (exact) mass is 410 g/mol. The van der Waals surface area contributed by atoms with Crippen molar-refractivity contribution in [3.05, 3.63) is 34.9 Å². The molecule has 0 saturated carbocycles. The molecule has 2 aliphatic rings. The fraction of sp³-hybridized carbons (Fsp3) is 0.556. The van der Waals surface area contributed by atoms with E-state index < -0.39 is 18.5 Å². The molecule has 2 amide bonds. The van der Waals surface area contributed by atoms with Crippen molar-refractivity contribution in [1.82, 2.24) is 30.2 Å². The number of hydrogen-bond acceptors (Lipinski definition) is 4. The summed E-state index contributed by atoms with van der Waals surface area (Å²) in [6.45, 7) is 5.80. The first-order chi connectivity index (χ1) is 13.6. The maximum atomic E-state index is 12.6. The summed E-state index contributed by atoms with van der Waals surface area (Å²) in [4.78, 5) is 28.2. The van der Waals surface area contributed by atoms with Gasteiger partial charge in [0, 0.05) is 42.9 Å². The van der Waals surface area contributed by atoms with E-state index in [0.717, 1.165) is 11.9 Å². The number of H-pyrrole nitrogens is 2. The molecule has 29 heavy (non-hydrogen) atoms. The SMILES string of the molecule is CC(C)c1cc(C(=O)N2CC3(C2)CN(C(=O)c2[nH]ncc2CC(F)(F)F)C3)n[nH]1. The van der Waals surface area contributed by atoms with Gasteiger partial charge in [-0.25, -0.2) is 0 Å². The average Bonchev–Trinajstić information content (AvgIpc) is 3.19. The van der Waals surface area contributed by atoms with Crippen LogP contribution in [0.1, 0.15) is 52.0 Å². The summed E-state index contributed by atoms with van der Waals surface area (Å²) in [5.41, 5.74) is 0.783. The maximum absolute atomic E-state index is 12.6. The first-order valence-corrected chi connectivity index (χ1v) is 9.30. The number of amides is 2. The van der Waals surface area contributed by atoms with Crippen LogP contribution in [0.4, 0.5) is 13.2 Å². The van der Waals surface area contributed by atoms with Gasteiger partial charge in [-0.3, -0.25) is 19.8 Å². The van der Waals surface area contributed by atoms with E-state index in [0.29, 0.717) is 31.9 Å². The zero-order valence-corrected chi connectivity index (χ0v) is 16.0. The molecule has 0 aromatic carbocycles. The number of halogens is 3. The third-order valence-electron chi connectivity index (χ3n) is 5.44. The second-order valence-corrected chi connectivity index (χ2v) is 8.25. The van der Waals surface area contributed by atoms with Crippen LogP contribution < -0.4 is 0 Å². The van der Waals surface area contributed by atoms with Crippen LogP contribution in [-0.4, -0.2) is 74.4 Å². The Hall–Kier alpha value is -2.85. The Morgan fingerprint density at radius 3 is 2.31 bits per heavy atom. The summed E-state index contributed by atoms with van der Waals surface area (Å²) >= 11 is 0. The van der Waals surface area contributed by atoms with Gasteiger partial charge in [-0.1, -0.05) is 13.8 Å². The van der Waals surface area contributed by atoms with E-state index in [1.165, 1.54) is 4.90 Å². The van der Waals surface area contributed by atoms with E-state index in [1.807, 2.05) is 13.8 Å². The summed E-state index contributed by atoms with van der Waals surface area (Å²) in [6, 6.07) is 1.75. The number of hydrogen-bond donors (Lipinski definition) is 2. The van der Waals surface area contributed by atoms with Crippen LogP contribution in [0.25, 0.3) is 0 Å². The fourth-order valence-electron chi connectivity index (χ4n) is 3.92. The highest BCUT2D eigenvalue weighted by molar-refractivity contribution is 5.95. The van der Waals surface area contributed by atoms with Crippen molar-refractivity contribution in [2.24, 2.45) is 5.41 Å². The first kappa shape index (κ1) is 19.5. The Labute approximate surface area is 164 Å². The summed E-state index contributed by atoms with van der Waals surface area (Å²) in [7, 11) is 0. The molecule has 2 aliphatic heterocycles. The quantitative estimate of drug-likeness (QED) is 0.805. The smallest absolute Gasteiger partial charge is 0.336 e. The topological polar surface area (TPSA) is 98.0 Å². The lowest BCUT2D eigenvalue weighted by Crippen LogP contribution is -2.73. The number of alkyl halides is 3. The molecule has 4 rings (SSSR count). The van der Waals surface area contributed by atoms with Crippen molar-refractivity contribution < 1.29 is 22.8 Å². The number of nitrogens with zero attached hydrogens (tertiary/aromatic N) is 4. The standard InChI is InChI=1S/C18H21F3N6O2/c1-10(2)12-3-13(24-23-12)15(28)26-6-17(7-26)8-27(9-17)16(29)14-11(5-22-25-14)4-18(19,20)21/h3,5,10H,4,6-9H2,1-2H3,(H,22,25)(H,23,24). The average molecular weight is 410 g/mol. The molecular formula is C18H21F3N6O2. The number of rotatable bonds is 4. The van der Waals surface area contributed by atoms with E-state index in [1.54, 1.807) is 11.0 Å². The molecule has 2 aromatic rings. The first-order valence-electron chi connectivity index (χ1n) is 9.30. The molecule has 156 valence electrons. The minimum Gasteiger partial charge on any atom is -0.336 e. The second-order valence-electron chi connectivity index (χ2n) is 8.25. The molecule has 2 N–H and O–H groups in total. The van der Waals surface area contributed by atoms with Crippen molar-refractivity contribution in [3.63, 3.8) is 0 Å². The second kappa shape index (κ2) is 6.60. The van der Waals surface area contributed by atoms with Crippen molar-refractivity contribution in [2.75, 3.05) is 26.2 Å². The van der Waals surface area contributed by atoms with E-state index in [-0.39, 0.29) is 28.5 Å². The lowest BCUT2D eigenvalue weighted by Gasteiger charge is -2.59. The molecule has 4 heterocycles. The highest BCUT2D eigenvalue weighted by Crippen LogP contribution is 2.41. The van der Waals surface area contributed by atoms with Crippen LogP contribution in [0.15, 0.2) is 12.3 Å². The highest BCUT2D eigenvalue weighted by atomic mass is 19.4. The third-order valence-corrected chi connectivity index (χ3v) is 5.44. The van der Waals surface area contributed by atoms with Crippen LogP contribution in [0.5, 0.6) is 0 Å². The van der Waals surface area contributed by atoms with Crippen LogP contribution in [0.3, 0.4) is 0 Å². The third kappa shape index (κ3) is 3.60. The number of aromatic nitrogens is 4. The van der Waals surface area contributed by atoms with Gasteiger partial charge < -0.3 is 9.80 Å². The summed E-state index contributed by atoms with van der Waals surface area (Å²) in [6.07, 6.45) is -4.57. The molecule has 1 spiro atoms. The number of carbonyl (C=O) groups excluding carboxylic acids is 2. The van der Waals surface area contributed by atoms with E-state index >= 15 is 0 Å². The molecule has 0 radical (unpaired) electrons. The number of carbonyl (C=O) groups is 2. The maximum Gasteiger partial charge on any atom is 0.393 e. The van der Waals surface area contributed by atoms with Crippen molar-refractivity contribution in [2.45, 2.75) is 32.4 Å². The molecule has 0 aliphatic carbocycles. The molecule has 0 atom stereocenters. The van der Waals surface area contributed by atoms with E-state index in [9.17, 15) is 22.8 Å². The highest BCUT2D eigenvalue weighted by Gasteiger charge is 2.55. The molecule has 0 unspecified atom stereocenters. The van der Waals surface area contributed by atoms with Crippen molar-refractivity contribution in [3.8, 4) is 0 Å². The minimum absolute atomic E-state index is 0.123. The van der Waals surface area contributed by atoms with Gasteiger partial charge in [-0.2, -0.15) is 23.4 Å². The molecule has 2 fully saturated rings. The van der Waals surface area contributed by atoms with Gasteiger partial charge in [-0.05, 0) is 12.0 Å². The number of nitrogens with one attached hydrogen (secondary N) is 2. The lowest BCUT2D eigenvalue weighted by atomic mass is 9.72. The van der Waals surface area contributed by atoms with Gasteiger partial charge in [0.2, 0.25) is 0 Å². The molecule has 2 aromatic heterocycles. The van der Waals surface area contributed by atoms with Crippen LogP contribution >= 0.6 is 0 Å². The minimum atomic E-state index is -4.41. The predicted molar refractivity (Wildman–Crippen MR) is 95.3 cm³/mol. The largest absolute Gasteiger partial charge is 0.393 e. The zero-order chi connectivity index (χ0) is 21.0. The normalized spacial score (nSPS) is 18.1. The Kier molecular flexibility index (Phi) is 4.43. The van der Waals surface area contributed by atoms with Gasteiger partial charge in [0.05, 0.1) is 12.6 Å². The molecule has 0 bridgehead atoms. The van der Waals surface area contributed by atoms with Crippen LogP contribution in [0.2, 0.25) is 0 Å².